The number of hydrogen-bond acceptors (Lipinski definition) is 8. The van der Waals surface area contributed by atoms with Crippen LogP contribution < -0.4 is 14.8 Å². The minimum atomic E-state index is -3.20. The highest BCUT2D eigenvalue weighted by molar-refractivity contribution is 7.90. The molecule has 10 heteroatoms. The maximum Gasteiger partial charge on any atom is 0.237 e. The van der Waals surface area contributed by atoms with Crippen molar-refractivity contribution in [3.8, 4) is 5.88 Å². The number of nitrogens with one attached hydrogen (secondary N) is 2. The lowest BCUT2D eigenvalue weighted by Crippen LogP contribution is -2.56. The lowest BCUT2D eigenvalue weighted by atomic mass is 9.83. The van der Waals surface area contributed by atoms with Gasteiger partial charge in [-0.3, -0.25) is 4.79 Å². The summed E-state index contributed by atoms with van der Waals surface area (Å²) in [4.78, 5) is 10.6. The first-order chi connectivity index (χ1) is 15.1. The number of aromatic nitrogens is 2. The molecule has 1 aliphatic heterocycles. The molecule has 2 saturated carbocycles. The van der Waals surface area contributed by atoms with Gasteiger partial charge in [0.05, 0.1) is 24.2 Å². The minimum absolute atomic E-state index is 0.00717. The van der Waals surface area contributed by atoms with Gasteiger partial charge in [0.2, 0.25) is 15.9 Å². The number of nitrogens with zero attached hydrogens (tertiary/aromatic N) is 2. The van der Waals surface area contributed by atoms with Crippen LogP contribution in [0.1, 0.15) is 62.8 Å². The van der Waals surface area contributed by atoms with E-state index in [0.29, 0.717) is 24.7 Å². The van der Waals surface area contributed by atoms with E-state index in [4.69, 9.17) is 9.47 Å². The smallest absolute Gasteiger partial charge is 0.237 e. The van der Waals surface area contributed by atoms with Crippen LogP contribution in [0.25, 0.3) is 0 Å². The molecule has 3 fully saturated rings. The SMILES string of the molecule is O=CCOc1nnccc1C1CCC(OC[C@@H]2NCCC[C@@H]2NS(=O)(=O)C2CC2)CC1. The van der Waals surface area contributed by atoms with Crippen molar-refractivity contribution in [3.63, 3.8) is 0 Å². The van der Waals surface area contributed by atoms with Crippen LogP contribution in [-0.4, -0.2) is 68.1 Å². The van der Waals surface area contributed by atoms with Gasteiger partial charge in [-0.25, -0.2) is 13.1 Å². The predicted octanol–water partition coefficient (Wildman–Crippen LogP) is 1.30. The molecule has 1 aromatic heterocycles. The number of rotatable bonds is 10. The summed E-state index contributed by atoms with van der Waals surface area (Å²) in [6, 6.07) is 1.82. The van der Waals surface area contributed by atoms with Crippen molar-refractivity contribution < 1.29 is 22.7 Å². The van der Waals surface area contributed by atoms with Crippen molar-refractivity contribution in [2.75, 3.05) is 19.8 Å². The zero-order valence-corrected chi connectivity index (χ0v) is 18.6. The van der Waals surface area contributed by atoms with Gasteiger partial charge in [-0.1, -0.05) is 0 Å². The lowest BCUT2D eigenvalue weighted by Gasteiger charge is -2.35. The fourth-order valence-corrected chi connectivity index (χ4v) is 6.25. The van der Waals surface area contributed by atoms with E-state index < -0.39 is 10.0 Å². The molecule has 2 atom stereocenters. The van der Waals surface area contributed by atoms with Crippen LogP contribution >= 0.6 is 0 Å². The largest absolute Gasteiger partial charge is 0.469 e. The van der Waals surface area contributed by atoms with Gasteiger partial charge < -0.3 is 14.8 Å². The second-order valence-corrected chi connectivity index (χ2v) is 10.7. The quantitative estimate of drug-likeness (QED) is 0.510. The molecule has 4 rings (SSSR count). The number of ether oxygens (including phenoxy) is 2. The number of aldehydes is 1. The zero-order valence-electron chi connectivity index (χ0n) is 17.7. The van der Waals surface area contributed by atoms with Crippen LogP contribution in [0.3, 0.4) is 0 Å². The van der Waals surface area contributed by atoms with Gasteiger partial charge in [0.15, 0.2) is 6.29 Å². The maximum atomic E-state index is 12.4. The van der Waals surface area contributed by atoms with Crippen LogP contribution in [0, 0.1) is 0 Å². The molecule has 2 N–H and O–H groups in total. The minimum Gasteiger partial charge on any atom is -0.469 e. The van der Waals surface area contributed by atoms with Crippen LogP contribution in [-0.2, 0) is 19.6 Å². The Hall–Kier alpha value is -1.62. The first kappa shape index (κ1) is 22.6. The predicted molar refractivity (Wildman–Crippen MR) is 114 cm³/mol. The van der Waals surface area contributed by atoms with E-state index in [9.17, 15) is 13.2 Å². The summed E-state index contributed by atoms with van der Waals surface area (Å²) < 4.78 is 39.3. The van der Waals surface area contributed by atoms with E-state index in [0.717, 1.165) is 63.5 Å². The number of carbonyl (C=O) groups excluding carboxylic acids is 1. The van der Waals surface area contributed by atoms with E-state index in [2.05, 4.69) is 20.2 Å². The Labute approximate surface area is 183 Å². The van der Waals surface area contributed by atoms with Crippen molar-refractivity contribution in [1.29, 1.82) is 0 Å². The Balaban J connectivity index is 1.26. The third kappa shape index (κ3) is 6.00. The molecule has 0 bridgehead atoms. The third-order valence-electron chi connectivity index (χ3n) is 6.49. The highest BCUT2D eigenvalue weighted by Crippen LogP contribution is 2.37. The van der Waals surface area contributed by atoms with Crippen molar-refractivity contribution in [1.82, 2.24) is 20.2 Å². The molecule has 0 amide bonds. The van der Waals surface area contributed by atoms with Crippen molar-refractivity contribution >= 4 is 16.3 Å². The molecule has 0 aromatic carbocycles. The van der Waals surface area contributed by atoms with Crippen LogP contribution in [0.2, 0.25) is 0 Å². The van der Waals surface area contributed by atoms with Gasteiger partial charge in [-0.05, 0) is 69.9 Å². The van der Waals surface area contributed by atoms with Gasteiger partial charge in [0.25, 0.3) is 0 Å². The second kappa shape index (κ2) is 10.3. The van der Waals surface area contributed by atoms with E-state index in [1.165, 1.54) is 0 Å². The standard InChI is InChI=1S/C21H32N4O5S/c26-12-13-29-21-18(9-11-23-24-21)15-3-5-16(6-4-15)30-14-20-19(2-1-10-22-20)25-31(27,28)17-7-8-17/h9,11-12,15-17,19-20,22,25H,1-8,10,13-14H2/t15?,16?,19-,20-/m0/s1. The summed E-state index contributed by atoms with van der Waals surface area (Å²) >= 11 is 0. The topological polar surface area (TPSA) is 120 Å². The Morgan fingerprint density at radius 1 is 1.16 bits per heavy atom. The van der Waals surface area contributed by atoms with Gasteiger partial charge in [0.1, 0.15) is 6.61 Å². The first-order valence-corrected chi connectivity index (χ1v) is 12.9. The monoisotopic (exact) mass is 452 g/mol. The zero-order chi connectivity index (χ0) is 21.7. The molecule has 2 heterocycles. The van der Waals surface area contributed by atoms with E-state index in [-0.39, 0.29) is 30.0 Å². The van der Waals surface area contributed by atoms with Gasteiger partial charge in [-0.15, -0.1) is 5.10 Å². The maximum absolute atomic E-state index is 12.4. The molecular weight excluding hydrogens is 420 g/mol. The molecule has 2 aliphatic carbocycles. The molecule has 9 nitrogen and oxygen atoms in total. The first-order valence-electron chi connectivity index (χ1n) is 11.3. The molecule has 31 heavy (non-hydrogen) atoms. The number of piperidine rings is 1. The van der Waals surface area contributed by atoms with Crippen LogP contribution in [0.5, 0.6) is 5.88 Å². The summed E-state index contributed by atoms with van der Waals surface area (Å²) in [7, 11) is -3.20. The average molecular weight is 453 g/mol. The van der Waals surface area contributed by atoms with Crippen LogP contribution in [0.15, 0.2) is 12.3 Å². The van der Waals surface area contributed by atoms with Crippen molar-refractivity contribution in [2.24, 2.45) is 0 Å². The normalized spacial score (nSPS) is 29.4. The molecule has 172 valence electrons. The molecular formula is C21H32N4O5S. The molecule has 3 aliphatic rings. The van der Waals surface area contributed by atoms with Gasteiger partial charge >= 0.3 is 0 Å². The number of sulfonamides is 1. The Bertz CT molecular complexity index is 840. The summed E-state index contributed by atoms with van der Waals surface area (Å²) in [5.74, 6) is 0.749. The molecule has 1 aromatic rings. The van der Waals surface area contributed by atoms with Gasteiger partial charge in [-0.2, -0.15) is 5.10 Å². The van der Waals surface area contributed by atoms with Crippen molar-refractivity contribution in [3.05, 3.63) is 17.8 Å². The number of carbonyl (C=O) groups is 1. The third-order valence-corrected chi connectivity index (χ3v) is 8.47. The Morgan fingerprint density at radius 2 is 1.97 bits per heavy atom. The lowest BCUT2D eigenvalue weighted by molar-refractivity contribution is -0.109. The second-order valence-electron chi connectivity index (χ2n) is 8.75. The van der Waals surface area contributed by atoms with Gasteiger partial charge in [0, 0.05) is 17.6 Å². The van der Waals surface area contributed by atoms with Crippen molar-refractivity contribution in [2.45, 2.75) is 80.7 Å². The summed E-state index contributed by atoms with van der Waals surface area (Å²) in [6.45, 7) is 1.38. The number of hydrogen-bond donors (Lipinski definition) is 2. The molecule has 0 spiro atoms. The van der Waals surface area contributed by atoms with Crippen LogP contribution in [0.4, 0.5) is 0 Å². The molecule has 0 unspecified atom stereocenters. The van der Waals surface area contributed by atoms with E-state index >= 15 is 0 Å². The average Bonchev–Trinajstić information content (AvgIpc) is 3.64. The molecule has 0 radical (unpaired) electrons. The summed E-state index contributed by atoms with van der Waals surface area (Å²) in [5.41, 5.74) is 0.999. The summed E-state index contributed by atoms with van der Waals surface area (Å²) in [6.07, 6.45) is 9.62. The van der Waals surface area contributed by atoms with E-state index in [1.807, 2.05) is 6.07 Å². The summed E-state index contributed by atoms with van der Waals surface area (Å²) in [5, 5.41) is 11.1. The Kier molecular flexibility index (Phi) is 7.52. The molecule has 1 saturated heterocycles. The van der Waals surface area contributed by atoms with E-state index in [1.54, 1.807) is 6.20 Å². The fraction of sp³-hybridized carbons (Fsp3) is 0.762. The fourth-order valence-electron chi connectivity index (χ4n) is 4.60. The highest BCUT2D eigenvalue weighted by atomic mass is 32.2. The Morgan fingerprint density at radius 3 is 2.71 bits per heavy atom. The highest BCUT2D eigenvalue weighted by Gasteiger charge is 2.39.